The average molecular weight is 482 g/mol. The van der Waals surface area contributed by atoms with Gasteiger partial charge in [-0.3, -0.25) is 0 Å². The SMILES string of the molecule is C[C@H](OC1CCCCO1)c1nccn1C(/C=C/c1ccc(I)cc1)CCO. The highest BCUT2D eigenvalue weighted by Gasteiger charge is 2.22. The van der Waals surface area contributed by atoms with E-state index in [1.54, 1.807) is 6.20 Å². The molecule has 1 N–H and O–H groups in total. The van der Waals surface area contributed by atoms with Crippen molar-refractivity contribution in [2.75, 3.05) is 13.2 Å². The van der Waals surface area contributed by atoms with Gasteiger partial charge >= 0.3 is 0 Å². The van der Waals surface area contributed by atoms with Crippen LogP contribution in [0.25, 0.3) is 6.08 Å². The van der Waals surface area contributed by atoms with Crippen LogP contribution in [-0.2, 0) is 9.47 Å². The second-order valence-electron chi connectivity index (χ2n) is 6.76. The third kappa shape index (κ3) is 5.88. The molecule has 0 amide bonds. The minimum atomic E-state index is -0.170. The van der Waals surface area contributed by atoms with E-state index in [4.69, 9.17) is 9.47 Å². The number of benzene rings is 1. The van der Waals surface area contributed by atoms with Gasteiger partial charge in [0.2, 0.25) is 0 Å². The van der Waals surface area contributed by atoms with E-state index < -0.39 is 0 Å². The zero-order valence-corrected chi connectivity index (χ0v) is 17.8. The number of ether oxygens (including phenoxy) is 2. The van der Waals surface area contributed by atoms with Crippen molar-refractivity contribution in [2.45, 2.75) is 51.0 Å². The Labute approximate surface area is 174 Å². The molecule has 0 radical (unpaired) electrons. The highest BCUT2D eigenvalue weighted by Crippen LogP contribution is 2.26. The lowest BCUT2D eigenvalue weighted by molar-refractivity contribution is -0.188. The summed E-state index contributed by atoms with van der Waals surface area (Å²) < 4.78 is 15.1. The molecule has 5 nitrogen and oxygen atoms in total. The minimum absolute atomic E-state index is 0.0186. The zero-order valence-electron chi connectivity index (χ0n) is 15.6. The van der Waals surface area contributed by atoms with Crippen molar-refractivity contribution in [1.29, 1.82) is 0 Å². The van der Waals surface area contributed by atoms with Gasteiger partial charge < -0.3 is 19.1 Å². The number of aliphatic hydroxyl groups excluding tert-OH is 1. The summed E-state index contributed by atoms with van der Waals surface area (Å²) in [6, 6.07) is 8.38. The molecule has 0 saturated carbocycles. The van der Waals surface area contributed by atoms with Gasteiger partial charge in [0, 0.05) is 29.2 Å². The van der Waals surface area contributed by atoms with Crippen molar-refractivity contribution in [3.8, 4) is 0 Å². The van der Waals surface area contributed by atoms with Crippen LogP contribution in [0, 0.1) is 3.57 Å². The zero-order chi connectivity index (χ0) is 19.1. The first-order valence-corrected chi connectivity index (χ1v) is 10.6. The molecule has 3 atom stereocenters. The molecule has 1 aliphatic rings. The first kappa shape index (κ1) is 20.5. The molecule has 146 valence electrons. The van der Waals surface area contributed by atoms with Gasteiger partial charge in [-0.05, 0) is 72.9 Å². The Morgan fingerprint density at radius 3 is 2.89 bits per heavy atom. The number of hydrogen-bond donors (Lipinski definition) is 1. The highest BCUT2D eigenvalue weighted by molar-refractivity contribution is 14.1. The van der Waals surface area contributed by atoms with Crippen LogP contribution in [0.3, 0.4) is 0 Å². The van der Waals surface area contributed by atoms with E-state index in [1.807, 2.05) is 13.1 Å². The fourth-order valence-corrected chi connectivity index (χ4v) is 3.64. The smallest absolute Gasteiger partial charge is 0.158 e. The Kier molecular flexibility index (Phi) is 7.87. The van der Waals surface area contributed by atoms with E-state index in [2.05, 4.69) is 68.6 Å². The van der Waals surface area contributed by atoms with Gasteiger partial charge in [0.05, 0.1) is 6.04 Å². The number of hydrogen-bond acceptors (Lipinski definition) is 4. The Bertz CT molecular complexity index is 723. The van der Waals surface area contributed by atoms with Crippen LogP contribution in [0.5, 0.6) is 0 Å². The molecule has 0 spiro atoms. The van der Waals surface area contributed by atoms with Gasteiger partial charge in [0.15, 0.2) is 6.29 Å². The molecule has 0 aliphatic carbocycles. The number of aromatic nitrogens is 2. The Morgan fingerprint density at radius 1 is 1.37 bits per heavy atom. The minimum Gasteiger partial charge on any atom is -0.396 e. The lowest BCUT2D eigenvalue weighted by Gasteiger charge is -2.27. The predicted molar refractivity (Wildman–Crippen MR) is 114 cm³/mol. The Hall–Kier alpha value is -1.22. The van der Waals surface area contributed by atoms with E-state index in [9.17, 15) is 5.11 Å². The number of aliphatic hydroxyl groups is 1. The Morgan fingerprint density at radius 2 is 2.19 bits per heavy atom. The second kappa shape index (κ2) is 10.4. The number of halogens is 1. The van der Waals surface area contributed by atoms with E-state index in [1.165, 1.54) is 3.57 Å². The number of rotatable bonds is 8. The van der Waals surface area contributed by atoms with Crippen molar-refractivity contribution >= 4 is 28.7 Å². The van der Waals surface area contributed by atoms with Crippen molar-refractivity contribution in [1.82, 2.24) is 9.55 Å². The fourth-order valence-electron chi connectivity index (χ4n) is 3.28. The first-order chi connectivity index (χ1) is 13.2. The molecule has 6 heteroatoms. The van der Waals surface area contributed by atoms with Gasteiger partial charge in [-0.1, -0.05) is 24.3 Å². The van der Waals surface area contributed by atoms with E-state index in [0.29, 0.717) is 6.42 Å². The van der Waals surface area contributed by atoms with Gasteiger partial charge in [0.1, 0.15) is 11.9 Å². The quantitative estimate of drug-likeness (QED) is 0.553. The van der Waals surface area contributed by atoms with Crippen molar-refractivity contribution in [3.63, 3.8) is 0 Å². The maximum Gasteiger partial charge on any atom is 0.158 e. The maximum absolute atomic E-state index is 9.54. The van der Waals surface area contributed by atoms with Crippen molar-refractivity contribution in [3.05, 3.63) is 57.7 Å². The Balaban J connectivity index is 1.73. The second-order valence-corrected chi connectivity index (χ2v) is 8.00. The van der Waals surface area contributed by atoms with Gasteiger partial charge in [-0.15, -0.1) is 0 Å². The summed E-state index contributed by atoms with van der Waals surface area (Å²) in [6.07, 6.45) is 11.4. The summed E-state index contributed by atoms with van der Waals surface area (Å²) in [4.78, 5) is 4.52. The van der Waals surface area contributed by atoms with Gasteiger partial charge in [-0.2, -0.15) is 0 Å². The lowest BCUT2D eigenvalue weighted by Crippen LogP contribution is -2.25. The van der Waals surface area contributed by atoms with Crippen LogP contribution in [0.4, 0.5) is 0 Å². The van der Waals surface area contributed by atoms with E-state index in [-0.39, 0.29) is 25.0 Å². The molecule has 1 aliphatic heterocycles. The summed E-state index contributed by atoms with van der Waals surface area (Å²) in [7, 11) is 0. The lowest BCUT2D eigenvalue weighted by atomic mass is 10.1. The number of nitrogens with zero attached hydrogens (tertiary/aromatic N) is 2. The maximum atomic E-state index is 9.54. The molecule has 1 fully saturated rings. The molecule has 3 rings (SSSR count). The molecular formula is C21H27IN2O3. The molecule has 1 saturated heterocycles. The van der Waals surface area contributed by atoms with E-state index in [0.717, 1.165) is 37.3 Å². The van der Waals surface area contributed by atoms with Crippen molar-refractivity contribution in [2.24, 2.45) is 0 Å². The highest BCUT2D eigenvalue weighted by atomic mass is 127. The average Bonchev–Trinajstić information content (AvgIpc) is 3.17. The molecule has 1 aromatic heterocycles. The third-order valence-corrected chi connectivity index (χ3v) is 5.44. The van der Waals surface area contributed by atoms with Crippen molar-refractivity contribution < 1.29 is 14.6 Å². The summed E-state index contributed by atoms with van der Waals surface area (Å²) >= 11 is 2.30. The molecule has 2 heterocycles. The van der Waals surface area contributed by atoms with Gasteiger partial charge in [0.25, 0.3) is 0 Å². The summed E-state index contributed by atoms with van der Waals surface area (Å²) in [5.74, 6) is 0.856. The monoisotopic (exact) mass is 482 g/mol. The van der Waals surface area contributed by atoms with Crippen LogP contribution in [0.15, 0.2) is 42.7 Å². The summed E-state index contributed by atoms with van der Waals surface area (Å²) in [5.41, 5.74) is 1.14. The summed E-state index contributed by atoms with van der Waals surface area (Å²) in [5, 5.41) is 9.54. The third-order valence-electron chi connectivity index (χ3n) is 4.72. The number of imidazole rings is 1. The fraction of sp³-hybridized carbons (Fsp3) is 0.476. The van der Waals surface area contributed by atoms with E-state index >= 15 is 0 Å². The molecule has 2 unspecified atom stereocenters. The van der Waals surface area contributed by atoms with Crippen LogP contribution < -0.4 is 0 Å². The molecule has 27 heavy (non-hydrogen) atoms. The summed E-state index contributed by atoms with van der Waals surface area (Å²) in [6.45, 7) is 2.88. The van der Waals surface area contributed by atoms with Crippen LogP contribution >= 0.6 is 22.6 Å². The van der Waals surface area contributed by atoms with Crippen LogP contribution in [0.2, 0.25) is 0 Å². The van der Waals surface area contributed by atoms with Gasteiger partial charge in [-0.25, -0.2) is 4.98 Å². The normalized spacial score (nSPS) is 20.0. The topological polar surface area (TPSA) is 56.5 Å². The van der Waals surface area contributed by atoms with Crippen LogP contribution in [0.1, 0.15) is 56.1 Å². The molecule has 2 aromatic rings. The largest absolute Gasteiger partial charge is 0.396 e. The predicted octanol–water partition coefficient (Wildman–Crippen LogP) is 4.73. The van der Waals surface area contributed by atoms with Crippen LogP contribution in [-0.4, -0.2) is 34.2 Å². The number of allylic oxidation sites excluding steroid dienone is 1. The standard InChI is InChI=1S/C21H27IN2O3/c1-16(27-20-4-2-3-15-26-20)21-23-12-13-24(21)19(11-14-25)10-7-17-5-8-18(22)9-6-17/h5-10,12-13,16,19-20,25H,2-4,11,14-15H2,1H3/b10-7+/t16-,19?,20?/m0/s1. The molecular weight excluding hydrogens is 455 g/mol. The first-order valence-electron chi connectivity index (χ1n) is 9.52. The molecule has 0 bridgehead atoms. The molecule has 1 aromatic carbocycles.